The number of rotatable bonds is 6. The Labute approximate surface area is 317 Å². The Kier molecular flexibility index (Phi) is 7.48. The van der Waals surface area contributed by atoms with Crippen LogP contribution >= 0.6 is 0 Å². The molecule has 2 heterocycles. The molecule has 10 rings (SSSR count). The minimum atomic E-state index is -0.246. The normalized spacial score (nSPS) is 13.3. The van der Waals surface area contributed by atoms with Gasteiger partial charge >= 0.3 is 0 Å². The molecule has 3 nitrogen and oxygen atoms in total. The molecule has 0 bridgehead atoms. The van der Waals surface area contributed by atoms with Crippen LogP contribution in [0.3, 0.4) is 0 Å². The smallest absolute Gasteiger partial charge is 0.151 e. The average Bonchev–Trinajstić information content (AvgIpc) is 3.23. The molecular weight excluding hydrogens is 657 g/mol. The van der Waals surface area contributed by atoms with E-state index in [-0.39, 0.29) is 5.41 Å². The molecule has 3 heteroatoms. The van der Waals surface area contributed by atoms with Gasteiger partial charge in [-0.15, -0.1) is 0 Å². The predicted octanol–water partition coefficient (Wildman–Crippen LogP) is 14.4. The van der Waals surface area contributed by atoms with Crippen molar-refractivity contribution < 1.29 is 4.74 Å². The third-order valence-electron chi connectivity index (χ3n) is 11.0. The van der Waals surface area contributed by atoms with Crippen LogP contribution in [0.5, 0.6) is 11.5 Å². The van der Waals surface area contributed by atoms with Gasteiger partial charge < -0.3 is 14.5 Å². The van der Waals surface area contributed by atoms with Crippen LogP contribution in [0.4, 0.5) is 34.1 Å². The molecule has 2 aliphatic rings. The quantitative estimate of drug-likeness (QED) is 0.172. The van der Waals surface area contributed by atoms with E-state index in [1.54, 1.807) is 0 Å². The summed E-state index contributed by atoms with van der Waals surface area (Å²) in [5, 5.41) is 0. The van der Waals surface area contributed by atoms with E-state index in [0.29, 0.717) is 0 Å². The summed E-state index contributed by atoms with van der Waals surface area (Å²) >= 11 is 0. The molecule has 0 saturated heterocycles. The summed E-state index contributed by atoms with van der Waals surface area (Å²) in [4.78, 5) is 4.72. The second-order valence-electron chi connectivity index (χ2n) is 14.6. The maximum absolute atomic E-state index is 6.44. The van der Waals surface area contributed by atoms with Gasteiger partial charge in [0.2, 0.25) is 0 Å². The van der Waals surface area contributed by atoms with Gasteiger partial charge in [0.15, 0.2) is 11.5 Å². The van der Waals surface area contributed by atoms with Crippen LogP contribution in [0.15, 0.2) is 194 Å². The summed E-state index contributed by atoms with van der Waals surface area (Å²) in [5.41, 5.74) is 16.3. The van der Waals surface area contributed by atoms with Gasteiger partial charge in [-0.1, -0.05) is 147 Å². The van der Waals surface area contributed by atoms with E-state index in [9.17, 15) is 0 Å². The highest BCUT2D eigenvalue weighted by molar-refractivity contribution is 5.96. The van der Waals surface area contributed by atoms with Gasteiger partial charge in [-0.2, -0.15) is 0 Å². The molecule has 0 atom stereocenters. The van der Waals surface area contributed by atoms with Crippen molar-refractivity contribution in [2.45, 2.75) is 19.3 Å². The van der Waals surface area contributed by atoms with Crippen molar-refractivity contribution >= 4 is 34.1 Å². The molecule has 0 aromatic heterocycles. The molecule has 0 saturated carbocycles. The molecule has 258 valence electrons. The third kappa shape index (κ3) is 5.20. The SMILES string of the molecule is CC1(C)c2cccc3c2N(c2ccccc2O3)c2cccc(-c3ccc(-c4ccc(N(c5ccccc5)c5ccc(-c6ccccc6)cc5)cc4)cc3)c21. The average molecular weight is 695 g/mol. The van der Waals surface area contributed by atoms with E-state index in [2.05, 4.69) is 212 Å². The van der Waals surface area contributed by atoms with Crippen LogP contribution in [-0.4, -0.2) is 0 Å². The molecule has 0 aliphatic carbocycles. The Morgan fingerprint density at radius 1 is 0.407 bits per heavy atom. The second kappa shape index (κ2) is 12.7. The second-order valence-corrected chi connectivity index (χ2v) is 14.6. The van der Waals surface area contributed by atoms with Crippen molar-refractivity contribution in [2.24, 2.45) is 0 Å². The van der Waals surface area contributed by atoms with E-state index in [1.807, 2.05) is 6.07 Å². The highest BCUT2D eigenvalue weighted by atomic mass is 16.5. The predicted molar refractivity (Wildman–Crippen MR) is 224 cm³/mol. The van der Waals surface area contributed by atoms with E-state index in [4.69, 9.17) is 4.74 Å². The summed E-state index contributed by atoms with van der Waals surface area (Å²) in [6.07, 6.45) is 0. The summed E-state index contributed by atoms with van der Waals surface area (Å²) in [5.74, 6) is 1.78. The summed E-state index contributed by atoms with van der Waals surface area (Å²) in [6, 6.07) is 69.5. The number of anilines is 6. The highest BCUT2D eigenvalue weighted by Gasteiger charge is 2.42. The zero-order chi connectivity index (χ0) is 36.2. The largest absolute Gasteiger partial charge is 0.453 e. The molecule has 0 fully saturated rings. The summed E-state index contributed by atoms with van der Waals surface area (Å²) < 4.78 is 6.44. The molecule has 2 aliphatic heterocycles. The number of ether oxygens (including phenoxy) is 1. The molecule has 8 aromatic carbocycles. The van der Waals surface area contributed by atoms with Crippen LogP contribution in [0.2, 0.25) is 0 Å². The Balaban J connectivity index is 0.986. The Morgan fingerprint density at radius 3 is 1.56 bits per heavy atom. The van der Waals surface area contributed by atoms with Crippen molar-refractivity contribution in [3.63, 3.8) is 0 Å². The van der Waals surface area contributed by atoms with Gasteiger partial charge in [0.25, 0.3) is 0 Å². The van der Waals surface area contributed by atoms with Crippen LogP contribution < -0.4 is 14.5 Å². The van der Waals surface area contributed by atoms with Crippen LogP contribution in [0, 0.1) is 0 Å². The first-order chi connectivity index (χ1) is 26.5. The minimum Gasteiger partial charge on any atom is -0.453 e. The maximum atomic E-state index is 6.44. The van der Waals surface area contributed by atoms with Gasteiger partial charge in [0.1, 0.15) is 0 Å². The van der Waals surface area contributed by atoms with Crippen molar-refractivity contribution in [1.82, 2.24) is 0 Å². The molecule has 8 aromatic rings. The number of hydrogen-bond acceptors (Lipinski definition) is 3. The number of nitrogens with zero attached hydrogens (tertiary/aromatic N) is 2. The van der Waals surface area contributed by atoms with Gasteiger partial charge in [-0.3, -0.25) is 0 Å². The Bertz CT molecular complexity index is 2630. The molecule has 0 radical (unpaired) electrons. The molecule has 0 spiro atoms. The Morgan fingerprint density at radius 2 is 0.889 bits per heavy atom. The first kappa shape index (κ1) is 31.9. The number of para-hydroxylation sites is 4. The first-order valence-electron chi connectivity index (χ1n) is 18.6. The standard InChI is InChI=1S/C51H38N2O/c1-51(2)44-18-12-22-48-50(44)53(45-19-9-10-21-47(45)54-48)46-20-11-17-43(49(46)51)39-25-23-36(24-26-39)38-29-33-42(34-30-38)52(40-15-7-4-8-16-40)41-31-27-37(28-32-41)35-13-5-3-6-14-35/h3-34H,1-2H3. The van der Waals surface area contributed by atoms with Crippen molar-refractivity contribution in [2.75, 3.05) is 9.80 Å². The van der Waals surface area contributed by atoms with Crippen molar-refractivity contribution in [1.29, 1.82) is 0 Å². The van der Waals surface area contributed by atoms with E-state index >= 15 is 0 Å². The fourth-order valence-electron chi connectivity index (χ4n) is 8.42. The molecule has 54 heavy (non-hydrogen) atoms. The maximum Gasteiger partial charge on any atom is 0.151 e. The zero-order valence-corrected chi connectivity index (χ0v) is 30.3. The number of hydrogen-bond donors (Lipinski definition) is 0. The van der Waals surface area contributed by atoms with Crippen molar-refractivity contribution in [3.8, 4) is 44.9 Å². The van der Waals surface area contributed by atoms with Crippen molar-refractivity contribution in [3.05, 3.63) is 205 Å². The number of benzene rings is 8. The zero-order valence-electron chi connectivity index (χ0n) is 30.3. The lowest BCUT2D eigenvalue weighted by Crippen LogP contribution is -2.32. The van der Waals surface area contributed by atoms with Crippen LogP contribution in [-0.2, 0) is 5.41 Å². The first-order valence-corrected chi connectivity index (χ1v) is 18.6. The summed E-state index contributed by atoms with van der Waals surface area (Å²) in [7, 11) is 0. The minimum absolute atomic E-state index is 0.246. The molecule has 0 amide bonds. The van der Waals surface area contributed by atoms with Gasteiger partial charge in [-0.25, -0.2) is 0 Å². The van der Waals surface area contributed by atoms with Gasteiger partial charge in [0.05, 0.1) is 17.1 Å². The van der Waals surface area contributed by atoms with Gasteiger partial charge in [0, 0.05) is 22.5 Å². The van der Waals surface area contributed by atoms with E-state index < -0.39 is 0 Å². The molecule has 0 unspecified atom stereocenters. The monoisotopic (exact) mass is 694 g/mol. The lowest BCUT2D eigenvalue weighted by atomic mass is 9.70. The van der Waals surface area contributed by atoms with E-state index in [0.717, 1.165) is 39.9 Å². The third-order valence-corrected chi connectivity index (χ3v) is 11.0. The lowest BCUT2D eigenvalue weighted by Gasteiger charge is -2.45. The van der Waals surface area contributed by atoms with Crippen LogP contribution in [0.25, 0.3) is 33.4 Å². The van der Waals surface area contributed by atoms with Crippen LogP contribution in [0.1, 0.15) is 25.0 Å². The lowest BCUT2D eigenvalue weighted by molar-refractivity contribution is 0.471. The fourth-order valence-corrected chi connectivity index (χ4v) is 8.42. The molecular formula is C51H38N2O. The fraction of sp³-hybridized carbons (Fsp3) is 0.0588. The topological polar surface area (TPSA) is 15.7 Å². The Hall–Kier alpha value is -6.84. The number of fused-ring (bicyclic) bond motifs is 4. The van der Waals surface area contributed by atoms with E-state index in [1.165, 1.54) is 50.2 Å². The van der Waals surface area contributed by atoms with Gasteiger partial charge in [-0.05, 0) is 105 Å². The molecule has 0 N–H and O–H groups in total. The highest BCUT2D eigenvalue weighted by Crippen LogP contribution is 2.61. The summed E-state index contributed by atoms with van der Waals surface area (Å²) in [6.45, 7) is 4.68.